The number of aromatic nitrogens is 2. The Kier molecular flexibility index (Phi) is 5.74. The zero-order valence-electron chi connectivity index (χ0n) is 16.4. The van der Waals surface area contributed by atoms with Crippen molar-refractivity contribution in [1.82, 2.24) is 9.97 Å². The molecule has 0 saturated carbocycles. The van der Waals surface area contributed by atoms with E-state index in [1.807, 2.05) is 6.07 Å². The molecule has 0 atom stereocenters. The van der Waals surface area contributed by atoms with Crippen molar-refractivity contribution >= 4 is 55.9 Å². The van der Waals surface area contributed by atoms with Crippen LogP contribution >= 0.6 is 23.1 Å². The number of anilines is 1. The summed E-state index contributed by atoms with van der Waals surface area (Å²) in [7, 11) is 0. The van der Waals surface area contributed by atoms with Gasteiger partial charge < -0.3 is 14.7 Å². The molecule has 30 heavy (non-hydrogen) atoms. The highest BCUT2D eigenvalue weighted by Gasteiger charge is 2.12. The van der Waals surface area contributed by atoms with Gasteiger partial charge in [-0.2, -0.15) is 0 Å². The minimum Gasteiger partial charge on any atom is -0.423 e. The first kappa shape index (κ1) is 20.4. The van der Waals surface area contributed by atoms with Gasteiger partial charge in [-0.25, -0.2) is 9.78 Å². The van der Waals surface area contributed by atoms with Gasteiger partial charge in [0.15, 0.2) is 0 Å². The molecule has 7 nitrogen and oxygen atoms in total. The van der Waals surface area contributed by atoms with Gasteiger partial charge in [0.2, 0.25) is 5.91 Å². The van der Waals surface area contributed by atoms with Gasteiger partial charge in [0.1, 0.15) is 16.2 Å². The summed E-state index contributed by atoms with van der Waals surface area (Å²) in [6, 6.07) is 9.97. The normalized spacial score (nSPS) is 11.4. The molecular weight excluding hydrogens is 422 g/mol. The van der Waals surface area contributed by atoms with Gasteiger partial charge in [0.25, 0.3) is 5.56 Å². The highest BCUT2D eigenvalue weighted by atomic mass is 32.2. The van der Waals surface area contributed by atoms with E-state index in [-0.39, 0.29) is 17.2 Å². The Hall–Kier alpha value is -2.91. The Labute approximate surface area is 179 Å². The maximum atomic E-state index is 12.3. The van der Waals surface area contributed by atoms with E-state index >= 15 is 0 Å². The molecule has 2 N–H and O–H groups in total. The van der Waals surface area contributed by atoms with E-state index < -0.39 is 5.63 Å². The van der Waals surface area contributed by atoms with Crippen LogP contribution in [0, 0.1) is 0 Å². The van der Waals surface area contributed by atoms with E-state index in [1.54, 1.807) is 24.3 Å². The van der Waals surface area contributed by atoms with Crippen molar-refractivity contribution < 1.29 is 9.21 Å². The summed E-state index contributed by atoms with van der Waals surface area (Å²) in [5.74, 6) is 1.37. The minimum absolute atomic E-state index is 0.147. The van der Waals surface area contributed by atoms with Gasteiger partial charge in [-0.15, -0.1) is 23.1 Å². The number of amides is 1. The lowest BCUT2D eigenvalue weighted by Gasteiger charge is -2.06. The molecule has 154 valence electrons. The van der Waals surface area contributed by atoms with Crippen LogP contribution in [0.1, 0.15) is 30.5 Å². The molecule has 0 radical (unpaired) electrons. The first-order chi connectivity index (χ1) is 14.4. The molecule has 9 heteroatoms. The highest BCUT2D eigenvalue weighted by molar-refractivity contribution is 7.99. The van der Waals surface area contributed by atoms with Crippen molar-refractivity contribution in [2.24, 2.45) is 0 Å². The summed E-state index contributed by atoms with van der Waals surface area (Å²) in [6.07, 6.45) is 0. The summed E-state index contributed by atoms with van der Waals surface area (Å²) in [6.45, 7) is 4.17. The first-order valence-electron chi connectivity index (χ1n) is 9.33. The fourth-order valence-corrected chi connectivity index (χ4v) is 4.68. The predicted molar refractivity (Wildman–Crippen MR) is 122 cm³/mol. The van der Waals surface area contributed by atoms with Crippen LogP contribution in [0.15, 0.2) is 50.4 Å². The largest absolute Gasteiger partial charge is 0.423 e. The number of H-pyrrole nitrogens is 1. The van der Waals surface area contributed by atoms with Crippen LogP contribution < -0.4 is 16.5 Å². The fraction of sp³-hybridized carbons (Fsp3) is 0.238. The van der Waals surface area contributed by atoms with Crippen LogP contribution in [0.2, 0.25) is 0 Å². The number of carbonyl (C=O) groups is 1. The lowest BCUT2D eigenvalue weighted by Crippen LogP contribution is -2.15. The molecule has 0 spiro atoms. The molecule has 1 amide bonds. The van der Waals surface area contributed by atoms with E-state index in [4.69, 9.17) is 4.42 Å². The topological polar surface area (TPSA) is 105 Å². The number of thiophene rings is 1. The molecule has 0 unspecified atom stereocenters. The van der Waals surface area contributed by atoms with Crippen LogP contribution in [0.3, 0.4) is 0 Å². The summed E-state index contributed by atoms with van der Waals surface area (Å²) >= 11 is 2.90. The summed E-state index contributed by atoms with van der Waals surface area (Å²) in [5.41, 5.74) is 0.527. The second-order valence-corrected chi connectivity index (χ2v) is 9.13. The number of thioether (sulfide) groups is 1. The molecule has 4 aromatic rings. The van der Waals surface area contributed by atoms with Gasteiger partial charge in [-0.1, -0.05) is 13.8 Å². The number of nitrogens with zero attached hydrogens (tertiary/aromatic N) is 1. The number of carbonyl (C=O) groups excluding carboxylic acids is 1. The summed E-state index contributed by atoms with van der Waals surface area (Å²) in [4.78, 5) is 45.0. The van der Waals surface area contributed by atoms with E-state index in [2.05, 4.69) is 29.1 Å². The zero-order valence-corrected chi connectivity index (χ0v) is 18.0. The van der Waals surface area contributed by atoms with Crippen molar-refractivity contribution in [3.63, 3.8) is 0 Å². The van der Waals surface area contributed by atoms with E-state index in [0.717, 1.165) is 15.1 Å². The monoisotopic (exact) mass is 441 g/mol. The van der Waals surface area contributed by atoms with Crippen LogP contribution in [0.25, 0.3) is 21.2 Å². The van der Waals surface area contributed by atoms with E-state index in [9.17, 15) is 14.4 Å². The van der Waals surface area contributed by atoms with E-state index in [1.165, 1.54) is 29.2 Å². The SMILES string of the molecule is CC(C)c1cc2c(=O)[nH]c(CSCC(=O)Nc3ccc4oc(=O)ccc4c3)nc2s1. The summed E-state index contributed by atoms with van der Waals surface area (Å²) < 4.78 is 5.08. The van der Waals surface area contributed by atoms with Crippen molar-refractivity contribution in [2.75, 3.05) is 11.1 Å². The average Bonchev–Trinajstić information content (AvgIpc) is 3.13. The molecule has 4 rings (SSSR count). The van der Waals surface area contributed by atoms with E-state index in [0.29, 0.717) is 34.2 Å². The second kappa shape index (κ2) is 8.45. The molecule has 0 fully saturated rings. The number of hydrogen-bond acceptors (Lipinski definition) is 7. The Morgan fingerprint density at radius 1 is 1.23 bits per heavy atom. The Morgan fingerprint density at radius 2 is 2.07 bits per heavy atom. The summed E-state index contributed by atoms with van der Waals surface area (Å²) in [5, 5.41) is 4.16. The van der Waals surface area contributed by atoms with Crippen molar-refractivity contribution in [3.8, 4) is 0 Å². The number of aromatic amines is 1. The Balaban J connectivity index is 1.38. The number of rotatable bonds is 6. The maximum Gasteiger partial charge on any atom is 0.336 e. The van der Waals surface area contributed by atoms with Gasteiger partial charge >= 0.3 is 5.63 Å². The molecule has 1 aromatic carbocycles. The van der Waals surface area contributed by atoms with Crippen molar-refractivity contribution in [3.05, 3.63) is 67.9 Å². The first-order valence-corrected chi connectivity index (χ1v) is 11.3. The van der Waals surface area contributed by atoms with Gasteiger partial charge in [-0.05, 0) is 36.2 Å². The number of benzene rings is 1. The molecule has 0 aliphatic rings. The molecule has 0 aliphatic heterocycles. The smallest absolute Gasteiger partial charge is 0.336 e. The molecular formula is C21H19N3O4S2. The van der Waals surface area contributed by atoms with Crippen molar-refractivity contribution in [1.29, 1.82) is 0 Å². The number of fused-ring (bicyclic) bond motifs is 2. The number of nitrogens with one attached hydrogen (secondary N) is 2. The van der Waals surface area contributed by atoms with Crippen LogP contribution in [0.5, 0.6) is 0 Å². The van der Waals surface area contributed by atoms with Gasteiger partial charge in [-0.3, -0.25) is 9.59 Å². The molecule has 0 saturated heterocycles. The lowest BCUT2D eigenvalue weighted by molar-refractivity contribution is -0.113. The number of hydrogen-bond donors (Lipinski definition) is 2. The van der Waals surface area contributed by atoms with Crippen molar-refractivity contribution in [2.45, 2.75) is 25.5 Å². The predicted octanol–water partition coefficient (Wildman–Crippen LogP) is 4.09. The van der Waals surface area contributed by atoms with Gasteiger partial charge in [0, 0.05) is 22.0 Å². The van der Waals surface area contributed by atoms with Gasteiger partial charge in [0.05, 0.1) is 16.9 Å². The molecule has 3 aromatic heterocycles. The Bertz CT molecular complexity index is 1350. The minimum atomic E-state index is -0.413. The molecule has 0 bridgehead atoms. The third kappa shape index (κ3) is 4.47. The second-order valence-electron chi connectivity index (χ2n) is 7.08. The van der Waals surface area contributed by atoms with Crippen LogP contribution in [-0.2, 0) is 10.5 Å². The maximum absolute atomic E-state index is 12.3. The Morgan fingerprint density at radius 3 is 2.87 bits per heavy atom. The highest BCUT2D eigenvalue weighted by Crippen LogP contribution is 2.27. The molecule has 3 heterocycles. The van der Waals surface area contributed by atoms with Crippen LogP contribution in [0.4, 0.5) is 5.69 Å². The fourth-order valence-electron chi connectivity index (χ4n) is 2.93. The zero-order chi connectivity index (χ0) is 21.3. The molecule has 0 aliphatic carbocycles. The third-order valence-electron chi connectivity index (χ3n) is 4.41. The third-order valence-corrected chi connectivity index (χ3v) is 6.69. The standard InChI is InChI=1S/C21H19N3O4S2/c1-11(2)16-8-14-20(27)23-17(24-21(14)30-16)9-29-10-18(25)22-13-4-5-15-12(7-13)3-6-19(26)28-15/h3-8,11H,9-10H2,1-2H3,(H,22,25)(H,23,24,27). The average molecular weight is 442 g/mol. The quantitative estimate of drug-likeness (QED) is 0.437. The lowest BCUT2D eigenvalue weighted by atomic mass is 10.2. The van der Waals surface area contributed by atoms with Crippen LogP contribution in [-0.4, -0.2) is 21.6 Å².